The van der Waals surface area contributed by atoms with E-state index in [0.717, 1.165) is 10.1 Å². The van der Waals surface area contributed by atoms with E-state index in [1.165, 1.54) is 5.56 Å². The second-order valence-corrected chi connectivity index (χ2v) is 3.25. The molecule has 11 heavy (non-hydrogen) atoms. The average Bonchev–Trinajstić information content (AvgIpc) is 2.45. The van der Waals surface area contributed by atoms with Gasteiger partial charge in [-0.05, 0) is 34.5 Å². The molecule has 0 N–H and O–H groups in total. The largest absolute Gasteiger partial charge is 0.293 e. The normalized spacial score (nSPS) is 10.7. The summed E-state index contributed by atoms with van der Waals surface area (Å²) in [5.41, 5.74) is 2.33. The molecule has 2 rings (SSSR count). The highest BCUT2D eigenvalue weighted by atomic mass is 79.9. The van der Waals surface area contributed by atoms with Crippen LogP contribution < -0.4 is 0 Å². The van der Waals surface area contributed by atoms with Crippen LogP contribution in [0.3, 0.4) is 0 Å². The summed E-state index contributed by atoms with van der Waals surface area (Å²) in [6.07, 6.45) is 3.64. The van der Waals surface area contributed by atoms with E-state index in [2.05, 4.69) is 33.9 Å². The Labute approximate surface area is 73.0 Å². The van der Waals surface area contributed by atoms with Crippen molar-refractivity contribution in [2.24, 2.45) is 0 Å². The summed E-state index contributed by atoms with van der Waals surface area (Å²) in [5, 5.41) is 0. The molecule has 2 heterocycles. The molecule has 0 fully saturated rings. The maximum atomic E-state index is 4.04. The minimum Gasteiger partial charge on any atom is -0.293 e. The van der Waals surface area contributed by atoms with E-state index in [0.29, 0.717) is 0 Å². The molecule has 0 atom stereocenters. The molecule has 0 saturated heterocycles. The number of hydrogen-bond donors (Lipinski definition) is 0. The van der Waals surface area contributed by atoms with Gasteiger partial charge in [0.15, 0.2) is 0 Å². The smallest absolute Gasteiger partial charge is 0.100 e. The Balaban J connectivity index is 2.93. The van der Waals surface area contributed by atoms with Crippen molar-refractivity contribution >= 4 is 21.4 Å². The lowest BCUT2D eigenvalue weighted by atomic mass is 10.3. The van der Waals surface area contributed by atoms with Crippen LogP contribution in [0.2, 0.25) is 0 Å². The van der Waals surface area contributed by atoms with E-state index in [1.807, 2.05) is 16.7 Å². The highest BCUT2D eigenvalue weighted by Gasteiger charge is 1.99. The Morgan fingerprint density at radius 3 is 3.09 bits per heavy atom. The number of aryl methyl sites for hydroxylation is 1. The fraction of sp³-hybridized carbons (Fsp3) is 0.125. The molecule has 0 aliphatic heterocycles. The van der Waals surface area contributed by atoms with Crippen LogP contribution in [0.1, 0.15) is 5.56 Å². The van der Waals surface area contributed by atoms with E-state index < -0.39 is 0 Å². The van der Waals surface area contributed by atoms with Crippen molar-refractivity contribution in [1.82, 2.24) is 9.38 Å². The van der Waals surface area contributed by atoms with Crippen LogP contribution in [0.5, 0.6) is 0 Å². The van der Waals surface area contributed by atoms with Crippen molar-refractivity contribution in [3.8, 4) is 0 Å². The van der Waals surface area contributed by atoms with Crippen molar-refractivity contribution in [3.05, 3.63) is 34.8 Å². The fourth-order valence-corrected chi connectivity index (χ4v) is 1.49. The van der Waals surface area contributed by atoms with Crippen molar-refractivity contribution in [2.75, 3.05) is 0 Å². The van der Waals surface area contributed by atoms with Crippen molar-refractivity contribution in [1.29, 1.82) is 0 Å². The zero-order valence-electron chi connectivity index (χ0n) is 6.08. The molecular weight excluding hydrogens is 204 g/mol. The van der Waals surface area contributed by atoms with Gasteiger partial charge in [0.05, 0.1) is 16.3 Å². The summed E-state index contributed by atoms with van der Waals surface area (Å²) < 4.78 is 3.09. The highest BCUT2D eigenvalue weighted by molar-refractivity contribution is 9.10. The number of halogens is 1. The first-order valence-electron chi connectivity index (χ1n) is 3.36. The lowest BCUT2D eigenvalue weighted by Gasteiger charge is -2.00. The molecule has 0 aliphatic rings. The number of fused-ring (bicyclic) bond motifs is 1. The summed E-state index contributed by atoms with van der Waals surface area (Å²) in [7, 11) is 0. The Morgan fingerprint density at radius 2 is 2.27 bits per heavy atom. The van der Waals surface area contributed by atoms with Gasteiger partial charge in [-0.3, -0.25) is 4.40 Å². The topological polar surface area (TPSA) is 17.3 Å². The number of pyridine rings is 1. The Hall–Kier alpha value is -0.830. The van der Waals surface area contributed by atoms with Crippen molar-refractivity contribution < 1.29 is 0 Å². The zero-order chi connectivity index (χ0) is 7.84. The quantitative estimate of drug-likeness (QED) is 0.611. The van der Waals surface area contributed by atoms with E-state index in [-0.39, 0.29) is 0 Å². The SMILES string of the molecule is Cc1ccc2cncn2c1Br. The van der Waals surface area contributed by atoms with Gasteiger partial charge in [0, 0.05) is 0 Å². The lowest BCUT2D eigenvalue weighted by Crippen LogP contribution is -1.87. The van der Waals surface area contributed by atoms with Crippen LogP contribution in [0.25, 0.3) is 5.52 Å². The van der Waals surface area contributed by atoms with Crippen LogP contribution in [0.4, 0.5) is 0 Å². The lowest BCUT2D eigenvalue weighted by molar-refractivity contribution is 1.09. The number of hydrogen-bond acceptors (Lipinski definition) is 1. The molecule has 0 bridgehead atoms. The van der Waals surface area contributed by atoms with E-state index in [1.54, 1.807) is 6.33 Å². The van der Waals surface area contributed by atoms with Crippen LogP contribution in [0.15, 0.2) is 29.3 Å². The summed E-state index contributed by atoms with van der Waals surface area (Å²) >= 11 is 3.48. The molecule has 0 saturated carbocycles. The van der Waals surface area contributed by atoms with Gasteiger partial charge in [0.25, 0.3) is 0 Å². The predicted octanol–water partition coefficient (Wildman–Crippen LogP) is 2.41. The van der Waals surface area contributed by atoms with Gasteiger partial charge in [-0.2, -0.15) is 0 Å². The van der Waals surface area contributed by atoms with Crippen LogP contribution in [-0.4, -0.2) is 9.38 Å². The Morgan fingerprint density at radius 1 is 1.45 bits per heavy atom. The van der Waals surface area contributed by atoms with Gasteiger partial charge < -0.3 is 0 Å². The molecular formula is C8H7BrN2. The molecule has 2 nitrogen and oxygen atoms in total. The molecule has 0 radical (unpaired) electrons. The van der Waals surface area contributed by atoms with Crippen molar-refractivity contribution in [2.45, 2.75) is 6.92 Å². The summed E-state index contributed by atoms with van der Waals surface area (Å²) in [6, 6.07) is 4.12. The molecule has 3 heteroatoms. The number of imidazole rings is 1. The summed E-state index contributed by atoms with van der Waals surface area (Å²) in [4.78, 5) is 4.04. The first kappa shape index (κ1) is 6.85. The molecule has 0 spiro atoms. The number of aromatic nitrogens is 2. The molecule has 2 aromatic heterocycles. The molecule has 0 aromatic carbocycles. The molecule has 0 unspecified atom stereocenters. The highest BCUT2D eigenvalue weighted by Crippen LogP contribution is 2.17. The Kier molecular flexibility index (Phi) is 1.46. The van der Waals surface area contributed by atoms with Crippen molar-refractivity contribution in [3.63, 3.8) is 0 Å². The molecule has 2 aromatic rings. The van der Waals surface area contributed by atoms with Gasteiger partial charge in [-0.25, -0.2) is 4.98 Å². The maximum absolute atomic E-state index is 4.04. The predicted molar refractivity (Wildman–Crippen MR) is 47.6 cm³/mol. The number of nitrogens with zero attached hydrogens (tertiary/aromatic N) is 2. The average molecular weight is 211 g/mol. The van der Waals surface area contributed by atoms with Crippen LogP contribution in [0, 0.1) is 6.92 Å². The fourth-order valence-electron chi connectivity index (χ4n) is 1.06. The van der Waals surface area contributed by atoms with E-state index in [4.69, 9.17) is 0 Å². The minimum absolute atomic E-state index is 1.08. The molecule has 0 amide bonds. The minimum atomic E-state index is 1.08. The van der Waals surface area contributed by atoms with Gasteiger partial charge in [-0.1, -0.05) is 6.07 Å². The van der Waals surface area contributed by atoms with E-state index >= 15 is 0 Å². The third-order valence-electron chi connectivity index (χ3n) is 1.71. The first-order valence-corrected chi connectivity index (χ1v) is 4.15. The van der Waals surface area contributed by atoms with Gasteiger partial charge >= 0.3 is 0 Å². The monoisotopic (exact) mass is 210 g/mol. The Bertz CT molecular complexity index is 392. The second-order valence-electron chi connectivity index (χ2n) is 2.50. The van der Waals surface area contributed by atoms with Crippen LogP contribution >= 0.6 is 15.9 Å². The first-order chi connectivity index (χ1) is 5.29. The van der Waals surface area contributed by atoms with E-state index in [9.17, 15) is 0 Å². The van der Waals surface area contributed by atoms with Gasteiger partial charge in [-0.15, -0.1) is 0 Å². The standard InChI is InChI=1S/C8H7BrN2/c1-6-2-3-7-4-10-5-11(7)8(6)9/h2-5H,1H3. The molecule has 56 valence electrons. The van der Waals surface area contributed by atoms with Gasteiger partial charge in [0.2, 0.25) is 0 Å². The summed E-state index contributed by atoms with van der Waals surface area (Å²) in [6.45, 7) is 2.06. The third kappa shape index (κ3) is 0.959. The summed E-state index contributed by atoms with van der Waals surface area (Å²) in [5.74, 6) is 0. The maximum Gasteiger partial charge on any atom is 0.100 e. The molecule has 0 aliphatic carbocycles. The number of rotatable bonds is 0. The van der Waals surface area contributed by atoms with Crippen LogP contribution in [-0.2, 0) is 0 Å². The third-order valence-corrected chi connectivity index (χ3v) is 2.72. The second kappa shape index (κ2) is 2.34. The zero-order valence-corrected chi connectivity index (χ0v) is 7.67. The van der Waals surface area contributed by atoms with Gasteiger partial charge in [0.1, 0.15) is 6.33 Å².